The van der Waals surface area contributed by atoms with Crippen molar-refractivity contribution in [3.05, 3.63) is 0 Å². The van der Waals surface area contributed by atoms with E-state index in [9.17, 15) is 4.79 Å². The largest absolute Gasteiger partial charge is 0.352 e. The van der Waals surface area contributed by atoms with Crippen molar-refractivity contribution in [2.24, 2.45) is 0 Å². The van der Waals surface area contributed by atoms with Crippen LogP contribution in [0.2, 0.25) is 0 Å². The molecule has 0 bridgehead atoms. The number of ether oxygens (including phenoxy) is 2. The summed E-state index contributed by atoms with van der Waals surface area (Å²) in [5.41, 5.74) is 0. The van der Waals surface area contributed by atoms with Gasteiger partial charge in [-0.3, -0.25) is 9.69 Å². The summed E-state index contributed by atoms with van der Waals surface area (Å²) < 4.78 is 11.4. The number of piperidine rings is 1. The third kappa shape index (κ3) is 2.78. The molecule has 0 aromatic rings. The number of nitrogens with one attached hydrogen (secondary N) is 1. The van der Waals surface area contributed by atoms with Gasteiger partial charge >= 0.3 is 0 Å². The van der Waals surface area contributed by atoms with Gasteiger partial charge in [0.15, 0.2) is 5.79 Å². The molecule has 1 amide bonds. The SMILES string of the molecule is O=C(CN1CCCC2(C1)OCCO2)NC1CC1. The highest BCUT2D eigenvalue weighted by molar-refractivity contribution is 5.78. The normalized spacial score (nSPS) is 28.5. The fourth-order valence-electron chi connectivity index (χ4n) is 2.64. The Morgan fingerprint density at radius 1 is 1.35 bits per heavy atom. The molecule has 96 valence electrons. The summed E-state index contributed by atoms with van der Waals surface area (Å²) in [5, 5.41) is 3.02. The Labute approximate surface area is 101 Å². The first-order valence-electron chi connectivity index (χ1n) is 6.55. The lowest BCUT2D eigenvalue weighted by molar-refractivity contribution is -0.189. The van der Waals surface area contributed by atoms with E-state index in [0.717, 1.165) is 38.8 Å². The van der Waals surface area contributed by atoms with E-state index < -0.39 is 5.79 Å². The first kappa shape index (κ1) is 11.4. The summed E-state index contributed by atoms with van der Waals surface area (Å²) in [5.74, 6) is -0.277. The summed E-state index contributed by atoms with van der Waals surface area (Å²) in [6.07, 6.45) is 4.27. The van der Waals surface area contributed by atoms with Crippen LogP contribution in [0.15, 0.2) is 0 Å². The minimum absolute atomic E-state index is 0.141. The molecule has 0 radical (unpaired) electrons. The lowest BCUT2D eigenvalue weighted by Gasteiger charge is -2.38. The number of likely N-dealkylation sites (tertiary alicyclic amines) is 1. The maximum absolute atomic E-state index is 11.7. The number of carbonyl (C=O) groups excluding carboxylic acids is 1. The third-order valence-electron chi connectivity index (χ3n) is 3.62. The molecule has 3 aliphatic rings. The second kappa shape index (κ2) is 4.55. The first-order chi connectivity index (χ1) is 8.26. The summed E-state index contributed by atoms with van der Waals surface area (Å²) in [6, 6.07) is 0.445. The van der Waals surface area contributed by atoms with Gasteiger partial charge in [-0.25, -0.2) is 0 Å². The van der Waals surface area contributed by atoms with Gasteiger partial charge < -0.3 is 14.8 Å². The molecule has 1 N–H and O–H groups in total. The van der Waals surface area contributed by atoms with Crippen LogP contribution in [0.5, 0.6) is 0 Å². The highest BCUT2D eigenvalue weighted by Gasteiger charge is 2.41. The number of hydrogen-bond donors (Lipinski definition) is 1. The van der Waals surface area contributed by atoms with Crippen LogP contribution in [-0.4, -0.2) is 55.5 Å². The fourth-order valence-corrected chi connectivity index (χ4v) is 2.64. The van der Waals surface area contributed by atoms with Crippen LogP contribution < -0.4 is 5.32 Å². The average Bonchev–Trinajstić information content (AvgIpc) is 2.99. The van der Waals surface area contributed by atoms with Crippen LogP contribution >= 0.6 is 0 Å². The van der Waals surface area contributed by atoms with Crippen molar-refractivity contribution in [1.29, 1.82) is 0 Å². The number of hydrogen-bond acceptors (Lipinski definition) is 4. The second-order valence-corrected chi connectivity index (χ2v) is 5.26. The van der Waals surface area contributed by atoms with Crippen LogP contribution in [0, 0.1) is 0 Å². The average molecular weight is 240 g/mol. The molecule has 0 atom stereocenters. The zero-order valence-electron chi connectivity index (χ0n) is 10.1. The summed E-state index contributed by atoms with van der Waals surface area (Å²) in [7, 11) is 0. The van der Waals surface area contributed by atoms with Crippen molar-refractivity contribution >= 4 is 5.91 Å². The number of rotatable bonds is 3. The van der Waals surface area contributed by atoms with Gasteiger partial charge in [0.05, 0.1) is 26.3 Å². The Hall–Kier alpha value is -0.650. The molecule has 2 aliphatic heterocycles. The zero-order chi connectivity index (χ0) is 11.7. The Bertz CT molecular complexity index is 298. The molecule has 1 aliphatic carbocycles. The molecular formula is C12H20N2O3. The zero-order valence-corrected chi connectivity index (χ0v) is 10.1. The van der Waals surface area contributed by atoms with E-state index in [2.05, 4.69) is 10.2 Å². The second-order valence-electron chi connectivity index (χ2n) is 5.26. The van der Waals surface area contributed by atoms with Crippen LogP contribution in [0.3, 0.4) is 0 Å². The van der Waals surface area contributed by atoms with Gasteiger partial charge in [-0.1, -0.05) is 0 Å². The lowest BCUT2D eigenvalue weighted by Crippen LogP contribution is -2.51. The van der Waals surface area contributed by atoms with Gasteiger partial charge in [-0.2, -0.15) is 0 Å². The van der Waals surface area contributed by atoms with Crippen molar-refractivity contribution < 1.29 is 14.3 Å². The number of nitrogens with zero attached hydrogens (tertiary/aromatic N) is 1. The predicted molar refractivity (Wildman–Crippen MR) is 61.5 cm³/mol. The van der Waals surface area contributed by atoms with E-state index >= 15 is 0 Å². The van der Waals surface area contributed by atoms with Crippen molar-refractivity contribution in [2.45, 2.75) is 37.5 Å². The lowest BCUT2D eigenvalue weighted by atomic mass is 10.0. The van der Waals surface area contributed by atoms with Crippen molar-refractivity contribution in [2.75, 3.05) is 32.8 Å². The first-order valence-corrected chi connectivity index (χ1v) is 6.55. The van der Waals surface area contributed by atoms with Gasteiger partial charge in [-0.15, -0.1) is 0 Å². The maximum Gasteiger partial charge on any atom is 0.234 e. The predicted octanol–water partition coefficient (Wildman–Crippen LogP) is 0.104. The highest BCUT2D eigenvalue weighted by Crippen LogP contribution is 2.29. The Morgan fingerprint density at radius 2 is 2.12 bits per heavy atom. The van der Waals surface area contributed by atoms with Crippen LogP contribution in [-0.2, 0) is 14.3 Å². The van der Waals surface area contributed by atoms with Gasteiger partial charge in [0.1, 0.15) is 0 Å². The van der Waals surface area contributed by atoms with Gasteiger partial charge in [0.2, 0.25) is 5.91 Å². The Kier molecular flexibility index (Phi) is 3.06. The molecule has 2 heterocycles. The molecule has 1 spiro atoms. The van der Waals surface area contributed by atoms with E-state index in [4.69, 9.17) is 9.47 Å². The maximum atomic E-state index is 11.7. The standard InChI is InChI=1S/C12H20N2O3/c15-11(13-10-2-3-10)8-14-5-1-4-12(9-14)16-6-7-17-12/h10H,1-9H2,(H,13,15). The van der Waals surface area contributed by atoms with Gasteiger partial charge in [0, 0.05) is 12.5 Å². The quantitative estimate of drug-likeness (QED) is 0.760. The van der Waals surface area contributed by atoms with Crippen LogP contribution in [0.4, 0.5) is 0 Å². The summed E-state index contributed by atoms with van der Waals surface area (Å²) in [4.78, 5) is 13.9. The Balaban J connectivity index is 1.50. The van der Waals surface area contributed by atoms with Gasteiger partial charge in [-0.05, 0) is 25.8 Å². The van der Waals surface area contributed by atoms with Gasteiger partial charge in [0.25, 0.3) is 0 Å². The highest BCUT2D eigenvalue weighted by atomic mass is 16.7. The molecule has 0 unspecified atom stereocenters. The molecule has 2 saturated heterocycles. The summed E-state index contributed by atoms with van der Waals surface area (Å²) in [6.45, 7) is 3.53. The minimum atomic E-state index is -0.419. The van der Waals surface area contributed by atoms with E-state index in [-0.39, 0.29) is 5.91 Å². The molecule has 3 rings (SSSR count). The molecule has 0 aromatic carbocycles. The number of amides is 1. The molecule has 5 heteroatoms. The third-order valence-corrected chi connectivity index (χ3v) is 3.62. The molecule has 1 saturated carbocycles. The molecular weight excluding hydrogens is 220 g/mol. The summed E-state index contributed by atoms with van der Waals surface area (Å²) >= 11 is 0. The van der Waals surface area contributed by atoms with Crippen LogP contribution in [0.25, 0.3) is 0 Å². The van der Waals surface area contributed by atoms with Crippen molar-refractivity contribution in [3.63, 3.8) is 0 Å². The van der Waals surface area contributed by atoms with E-state index in [1.165, 1.54) is 0 Å². The smallest absolute Gasteiger partial charge is 0.234 e. The van der Waals surface area contributed by atoms with E-state index in [1.54, 1.807) is 0 Å². The molecule has 0 aromatic heterocycles. The van der Waals surface area contributed by atoms with Crippen LogP contribution in [0.1, 0.15) is 25.7 Å². The van der Waals surface area contributed by atoms with Crippen molar-refractivity contribution in [3.8, 4) is 0 Å². The molecule has 3 fully saturated rings. The van der Waals surface area contributed by atoms with Crippen molar-refractivity contribution in [1.82, 2.24) is 10.2 Å². The van der Waals surface area contributed by atoms with E-state index in [0.29, 0.717) is 25.8 Å². The molecule has 17 heavy (non-hydrogen) atoms. The molecule has 5 nitrogen and oxygen atoms in total. The Morgan fingerprint density at radius 3 is 2.82 bits per heavy atom. The fraction of sp³-hybridized carbons (Fsp3) is 0.917. The topological polar surface area (TPSA) is 50.8 Å². The van der Waals surface area contributed by atoms with E-state index in [1.807, 2.05) is 0 Å². The monoisotopic (exact) mass is 240 g/mol. The number of carbonyl (C=O) groups is 1. The minimum Gasteiger partial charge on any atom is -0.352 e.